The second-order valence-corrected chi connectivity index (χ2v) is 8.53. The van der Waals surface area contributed by atoms with E-state index in [4.69, 9.17) is 4.74 Å². The highest BCUT2D eigenvalue weighted by Crippen LogP contribution is 2.47. The van der Waals surface area contributed by atoms with E-state index in [0.29, 0.717) is 12.1 Å². The van der Waals surface area contributed by atoms with E-state index in [1.54, 1.807) is 12.0 Å². The molecule has 0 atom stereocenters. The van der Waals surface area contributed by atoms with Crippen molar-refractivity contribution in [1.29, 1.82) is 0 Å². The second kappa shape index (κ2) is 9.20. The number of amides is 2. The first-order valence-corrected chi connectivity index (χ1v) is 11.0. The Morgan fingerprint density at radius 2 is 1.87 bits per heavy atom. The van der Waals surface area contributed by atoms with E-state index in [1.807, 2.05) is 55.6 Å². The van der Waals surface area contributed by atoms with Gasteiger partial charge in [0.25, 0.3) is 5.91 Å². The molecular weight excluding hydrogens is 390 g/mol. The van der Waals surface area contributed by atoms with E-state index in [9.17, 15) is 9.59 Å². The van der Waals surface area contributed by atoms with E-state index in [-0.39, 0.29) is 11.8 Å². The van der Waals surface area contributed by atoms with Crippen LogP contribution in [-0.4, -0.2) is 57.1 Å². The number of nitrogens with one attached hydrogen (secondary N) is 1. The van der Waals surface area contributed by atoms with Crippen molar-refractivity contribution in [3.05, 3.63) is 65.2 Å². The highest BCUT2D eigenvalue weighted by Gasteiger charge is 2.51. The predicted molar refractivity (Wildman–Crippen MR) is 121 cm³/mol. The molecule has 0 bridgehead atoms. The van der Waals surface area contributed by atoms with Crippen molar-refractivity contribution < 1.29 is 14.3 Å². The maximum atomic E-state index is 13.3. The van der Waals surface area contributed by atoms with Gasteiger partial charge in [-0.3, -0.25) is 9.59 Å². The summed E-state index contributed by atoms with van der Waals surface area (Å²) < 4.78 is 5.16. The van der Waals surface area contributed by atoms with Gasteiger partial charge in [0, 0.05) is 45.1 Å². The van der Waals surface area contributed by atoms with Crippen LogP contribution in [0.2, 0.25) is 0 Å². The Hall–Kier alpha value is -2.70. The quantitative estimate of drug-likeness (QED) is 0.699. The molecule has 4 rings (SSSR count). The van der Waals surface area contributed by atoms with Crippen molar-refractivity contribution >= 4 is 17.5 Å². The average molecular weight is 422 g/mol. The molecule has 164 valence electrons. The molecule has 0 unspecified atom stereocenters. The lowest BCUT2D eigenvalue weighted by atomic mass is 9.73. The topological polar surface area (TPSA) is 61.9 Å². The largest absolute Gasteiger partial charge is 0.385 e. The Balaban J connectivity index is 1.50. The van der Waals surface area contributed by atoms with E-state index in [0.717, 1.165) is 62.3 Å². The summed E-state index contributed by atoms with van der Waals surface area (Å²) in [6.45, 7) is 3.99. The molecule has 2 aliphatic rings. The van der Waals surface area contributed by atoms with Gasteiger partial charge in [0.15, 0.2) is 0 Å². The summed E-state index contributed by atoms with van der Waals surface area (Å²) >= 11 is 0. The molecule has 2 aromatic carbocycles. The zero-order chi connectivity index (χ0) is 21.8. The van der Waals surface area contributed by atoms with Gasteiger partial charge >= 0.3 is 0 Å². The highest BCUT2D eigenvalue weighted by molar-refractivity contribution is 6.09. The molecule has 2 heterocycles. The van der Waals surface area contributed by atoms with Gasteiger partial charge in [-0.05, 0) is 61.7 Å². The minimum absolute atomic E-state index is 0.110. The third-order valence-corrected chi connectivity index (χ3v) is 6.68. The Morgan fingerprint density at radius 3 is 2.58 bits per heavy atom. The van der Waals surface area contributed by atoms with E-state index < -0.39 is 5.41 Å². The summed E-state index contributed by atoms with van der Waals surface area (Å²) in [5, 5.41) is 3.00. The van der Waals surface area contributed by atoms with Crippen LogP contribution in [0.5, 0.6) is 0 Å². The Kier molecular flexibility index (Phi) is 6.39. The molecule has 31 heavy (non-hydrogen) atoms. The Morgan fingerprint density at radius 1 is 1.13 bits per heavy atom. The van der Waals surface area contributed by atoms with Gasteiger partial charge in [-0.1, -0.05) is 30.3 Å². The molecule has 1 fully saturated rings. The normalized spacial score (nSPS) is 17.7. The first kappa shape index (κ1) is 21.5. The Bertz CT molecular complexity index is 936. The number of methoxy groups -OCH3 is 1. The number of fused-ring (bicyclic) bond motifs is 2. The lowest BCUT2D eigenvalue weighted by Gasteiger charge is -2.38. The summed E-state index contributed by atoms with van der Waals surface area (Å²) in [6, 6.07) is 15.6. The number of likely N-dealkylation sites (tertiary alicyclic amines) is 1. The molecule has 2 amide bonds. The van der Waals surface area contributed by atoms with Crippen molar-refractivity contribution in [3.63, 3.8) is 0 Å². The first-order chi connectivity index (χ1) is 15.0. The number of carbonyl (C=O) groups is 2. The summed E-state index contributed by atoms with van der Waals surface area (Å²) in [5.74, 6) is 0.0432. The number of hydrogen-bond acceptors (Lipinski definition) is 4. The zero-order valence-corrected chi connectivity index (χ0v) is 18.4. The maximum Gasteiger partial charge on any atom is 0.251 e. The van der Waals surface area contributed by atoms with Crippen molar-refractivity contribution in [3.8, 4) is 0 Å². The fraction of sp³-hybridized carbons (Fsp3) is 0.440. The number of piperidine rings is 1. The minimum Gasteiger partial charge on any atom is -0.385 e. The number of ether oxygens (including phenoxy) is 1. The molecule has 6 heteroatoms. The number of rotatable bonds is 7. The van der Waals surface area contributed by atoms with Crippen molar-refractivity contribution in [1.82, 2.24) is 10.2 Å². The minimum atomic E-state index is -0.516. The summed E-state index contributed by atoms with van der Waals surface area (Å²) in [5.41, 5.74) is 3.09. The van der Waals surface area contributed by atoms with Gasteiger partial charge in [0.1, 0.15) is 0 Å². The van der Waals surface area contributed by atoms with Gasteiger partial charge in [-0.2, -0.15) is 0 Å². The van der Waals surface area contributed by atoms with E-state index in [1.165, 1.54) is 0 Å². The highest BCUT2D eigenvalue weighted by atomic mass is 16.5. The molecule has 0 saturated carbocycles. The molecule has 2 aliphatic heterocycles. The van der Waals surface area contributed by atoms with Crippen LogP contribution in [0.3, 0.4) is 0 Å². The van der Waals surface area contributed by atoms with Crippen molar-refractivity contribution in [2.45, 2.75) is 31.2 Å². The summed E-state index contributed by atoms with van der Waals surface area (Å²) in [4.78, 5) is 30.3. The van der Waals surface area contributed by atoms with E-state index >= 15 is 0 Å². The van der Waals surface area contributed by atoms with Gasteiger partial charge in [-0.15, -0.1) is 0 Å². The summed E-state index contributed by atoms with van der Waals surface area (Å²) in [6.07, 6.45) is 2.57. The van der Waals surface area contributed by atoms with Crippen molar-refractivity contribution in [2.24, 2.45) is 0 Å². The maximum absolute atomic E-state index is 13.3. The SMILES string of the molecule is COCCCN1CCC2(CC1)C(=O)N(C)c1ccc(C(=O)NCc3ccccc3)cc12. The third-order valence-electron chi connectivity index (χ3n) is 6.68. The van der Waals surface area contributed by atoms with Crippen molar-refractivity contribution in [2.75, 3.05) is 45.3 Å². The average Bonchev–Trinajstić information content (AvgIpc) is 3.01. The molecule has 1 saturated heterocycles. The van der Waals surface area contributed by atoms with Crippen LogP contribution in [0.15, 0.2) is 48.5 Å². The van der Waals surface area contributed by atoms with Crippen LogP contribution < -0.4 is 10.2 Å². The molecule has 1 N–H and O–H groups in total. The monoisotopic (exact) mass is 421 g/mol. The smallest absolute Gasteiger partial charge is 0.251 e. The fourth-order valence-electron chi connectivity index (χ4n) is 4.85. The number of likely N-dealkylation sites (N-methyl/N-ethyl adjacent to an activating group) is 1. The number of benzene rings is 2. The molecule has 2 aromatic rings. The molecule has 0 aliphatic carbocycles. The van der Waals surface area contributed by atoms with Crippen LogP contribution in [0, 0.1) is 0 Å². The van der Waals surface area contributed by atoms with Crippen LogP contribution in [0.1, 0.15) is 40.7 Å². The molecular formula is C25H31N3O3. The number of nitrogens with zero attached hydrogens (tertiary/aromatic N) is 2. The fourth-order valence-corrected chi connectivity index (χ4v) is 4.85. The first-order valence-electron chi connectivity index (χ1n) is 11.0. The van der Waals surface area contributed by atoms with Crippen LogP contribution in [0.25, 0.3) is 0 Å². The molecule has 6 nitrogen and oxygen atoms in total. The molecule has 1 spiro atoms. The standard InChI is InChI=1S/C25H31N3O3/c1-27-22-10-9-20(23(29)26-18-19-7-4-3-5-8-19)17-21(22)25(24(27)30)11-14-28(15-12-25)13-6-16-31-2/h3-5,7-10,17H,6,11-16,18H2,1-2H3,(H,26,29). The third kappa shape index (κ3) is 4.23. The van der Waals surface area contributed by atoms with Gasteiger partial charge in [-0.25, -0.2) is 0 Å². The molecule has 0 aromatic heterocycles. The second-order valence-electron chi connectivity index (χ2n) is 8.53. The predicted octanol–water partition coefficient (Wildman–Crippen LogP) is 2.96. The zero-order valence-electron chi connectivity index (χ0n) is 18.4. The van der Waals surface area contributed by atoms with Crippen LogP contribution >= 0.6 is 0 Å². The number of carbonyl (C=O) groups excluding carboxylic acids is 2. The lowest BCUT2D eigenvalue weighted by Crippen LogP contribution is -2.48. The summed E-state index contributed by atoms with van der Waals surface area (Å²) in [7, 11) is 3.57. The van der Waals surface area contributed by atoms with Crippen LogP contribution in [0.4, 0.5) is 5.69 Å². The molecule has 0 radical (unpaired) electrons. The van der Waals surface area contributed by atoms with Crippen LogP contribution in [-0.2, 0) is 21.5 Å². The van der Waals surface area contributed by atoms with Gasteiger partial charge in [0.05, 0.1) is 5.41 Å². The number of hydrogen-bond donors (Lipinski definition) is 1. The van der Waals surface area contributed by atoms with E-state index in [2.05, 4.69) is 10.2 Å². The number of anilines is 1. The van der Waals surface area contributed by atoms with Gasteiger partial charge < -0.3 is 19.9 Å². The van der Waals surface area contributed by atoms with Gasteiger partial charge in [0.2, 0.25) is 5.91 Å². The lowest BCUT2D eigenvalue weighted by molar-refractivity contribution is -0.124. The Labute approximate surface area is 184 Å².